The summed E-state index contributed by atoms with van der Waals surface area (Å²) < 4.78 is 26.2. The fourth-order valence-electron chi connectivity index (χ4n) is 1.45. The molecule has 1 N–H and O–H groups in total. The SMILES string of the molecule is O=C(O)Cc1nc2c(s1)C(F)(F)CC2. The van der Waals surface area contributed by atoms with Gasteiger partial charge in [-0.2, -0.15) is 0 Å². The minimum absolute atomic E-state index is 0.0475. The largest absolute Gasteiger partial charge is 0.481 e. The van der Waals surface area contributed by atoms with Crippen LogP contribution in [0.15, 0.2) is 0 Å². The van der Waals surface area contributed by atoms with Crippen molar-refractivity contribution >= 4 is 17.3 Å². The number of nitrogens with zero attached hydrogens (tertiary/aromatic N) is 1. The highest BCUT2D eigenvalue weighted by Crippen LogP contribution is 2.44. The zero-order chi connectivity index (χ0) is 10.3. The lowest BCUT2D eigenvalue weighted by Crippen LogP contribution is -2.05. The third-order valence-electron chi connectivity index (χ3n) is 2.05. The van der Waals surface area contributed by atoms with Gasteiger partial charge in [0.05, 0.1) is 17.0 Å². The Morgan fingerprint density at radius 3 is 2.93 bits per heavy atom. The molecule has 1 aromatic rings. The second-order valence-electron chi connectivity index (χ2n) is 3.16. The zero-order valence-electron chi connectivity index (χ0n) is 7.09. The van der Waals surface area contributed by atoms with Crippen LogP contribution in [0, 0.1) is 0 Å². The Morgan fingerprint density at radius 2 is 2.36 bits per heavy atom. The molecule has 0 spiro atoms. The van der Waals surface area contributed by atoms with Crippen molar-refractivity contribution in [2.75, 3.05) is 0 Å². The number of aryl methyl sites for hydroxylation is 1. The molecule has 1 aromatic heterocycles. The lowest BCUT2D eigenvalue weighted by atomic mass is 10.3. The molecule has 1 aliphatic rings. The topological polar surface area (TPSA) is 50.2 Å². The summed E-state index contributed by atoms with van der Waals surface area (Å²) in [5.74, 6) is -3.84. The van der Waals surface area contributed by atoms with Crippen LogP contribution in [0.5, 0.6) is 0 Å². The number of thiazole rings is 1. The monoisotopic (exact) mass is 219 g/mol. The lowest BCUT2D eigenvalue weighted by Gasteiger charge is -2.05. The molecule has 0 aliphatic heterocycles. The fourth-order valence-corrected chi connectivity index (χ4v) is 2.55. The molecule has 76 valence electrons. The van der Waals surface area contributed by atoms with E-state index in [1.165, 1.54) is 0 Å². The minimum Gasteiger partial charge on any atom is -0.481 e. The zero-order valence-corrected chi connectivity index (χ0v) is 7.90. The Bertz CT molecular complexity index is 389. The summed E-state index contributed by atoms with van der Waals surface area (Å²) in [6.45, 7) is 0. The molecule has 0 saturated carbocycles. The average Bonchev–Trinajstić information content (AvgIpc) is 2.53. The molecule has 0 radical (unpaired) electrons. The van der Waals surface area contributed by atoms with E-state index in [0.717, 1.165) is 11.3 Å². The number of aromatic nitrogens is 1. The van der Waals surface area contributed by atoms with Crippen LogP contribution in [0.2, 0.25) is 0 Å². The van der Waals surface area contributed by atoms with E-state index in [0.29, 0.717) is 5.69 Å². The fraction of sp³-hybridized carbons (Fsp3) is 0.500. The molecule has 6 heteroatoms. The van der Waals surface area contributed by atoms with Crippen molar-refractivity contribution in [3.8, 4) is 0 Å². The van der Waals surface area contributed by atoms with Crippen LogP contribution in [0.1, 0.15) is 22.0 Å². The van der Waals surface area contributed by atoms with Gasteiger partial charge in [0.2, 0.25) is 0 Å². The van der Waals surface area contributed by atoms with Crippen molar-refractivity contribution < 1.29 is 18.7 Å². The molecular weight excluding hydrogens is 212 g/mol. The van der Waals surface area contributed by atoms with Crippen LogP contribution in [0.25, 0.3) is 0 Å². The molecule has 0 amide bonds. The van der Waals surface area contributed by atoms with E-state index in [-0.39, 0.29) is 29.1 Å². The van der Waals surface area contributed by atoms with Crippen LogP contribution >= 0.6 is 11.3 Å². The number of hydrogen-bond acceptors (Lipinski definition) is 3. The molecule has 0 atom stereocenters. The molecular formula is C8H7F2NO2S. The molecule has 0 bridgehead atoms. The first-order valence-electron chi connectivity index (χ1n) is 4.08. The number of fused-ring (bicyclic) bond motifs is 1. The van der Waals surface area contributed by atoms with Gasteiger partial charge in [0, 0.05) is 6.42 Å². The van der Waals surface area contributed by atoms with Gasteiger partial charge in [-0.1, -0.05) is 0 Å². The smallest absolute Gasteiger partial charge is 0.310 e. The number of rotatable bonds is 2. The van der Waals surface area contributed by atoms with Crippen LogP contribution in [0.4, 0.5) is 8.78 Å². The van der Waals surface area contributed by atoms with Gasteiger partial charge in [-0.15, -0.1) is 11.3 Å². The van der Waals surface area contributed by atoms with E-state index in [2.05, 4.69) is 4.98 Å². The summed E-state index contributed by atoms with van der Waals surface area (Å²) in [6, 6.07) is 0. The van der Waals surface area contributed by atoms with Gasteiger partial charge in [-0.05, 0) is 6.42 Å². The van der Waals surface area contributed by atoms with Crippen molar-refractivity contribution in [3.63, 3.8) is 0 Å². The Balaban J connectivity index is 2.30. The van der Waals surface area contributed by atoms with Crippen molar-refractivity contribution in [3.05, 3.63) is 15.6 Å². The highest BCUT2D eigenvalue weighted by Gasteiger charge is 2.42. The van der Waals surface area contributed by atoms with Gasteiger partial charge in [0.15, 0.2) is 0 Å². The first-order chi connectivity index (χ1) is 6.49. The third kappa shape index (κ3) is 1.50. The Labute approximate surface area is 82.4 Å². The first-order valence-corrected chi connectivity index (χ1v) is 4.89. The Kier molecular flexibility index (Phi) is 2.02. The number of carboxylic acids is 1. The van der Waals surface area contributed by atoms with E-state index in [9.17, 15) is 13.6 Å². The number of hydrogen-bond donors (Lipinski definition) is 1. The van der Waals surface area contributed by atoms with E-state index in [1.54, 1.807) is 0 Å². The predicted octanol–water partition coefficient (Wildman–Crippen LogP) is 1.81. The first kappa shape index (κ1) is 9.51. The van der Waals surface area contributed by atoms with Gasteiger partial charge < -0.3 is 5.11 Å². The Morgan fingerprint density at radius 1 is 1.64 bits per heavy atom. The number of halogens is 2. The second-order valence-corrected chi connectivity index (χ2v) is 4.24. The quantitative estimate of drug-likeness (QED) is 0.825. The Hall–Kier alpha value is -1.04. The maximum Gasteiger partial charge on any atom is 0.310 e. The molecule has 1 heterocycles. The normalized spacial score (nSPS) is 18.1. The average molecular weight is 219 g/mol. The van der Waals surface area contributed by atoms with Crippen LogP contribution in [0.3, 0.4) is 0 Å². The standard InChI is InChI=1S/C8H7F2NO2S/c9-8(10)2-1-4-7(8)14-5(11-4)3-6(12)13/h1-3H2,(H,12,13). The van der Waals surface area contributed by atoms with Crippen molar-refractivity contribution in [1.82, 2.24) is 4.98 Å². The summed E-state index contributed by atoms with van der Waals surface area (Å²) in [5.41, 5.74) is 0.372. The highest BCUT2D eigenvalue weighted by atomic mass is 32.1. The maximum atomic E-state index is 13.1. The number of carboxylic acid groups (broad SMARTS) is 1. The van der Waals surface area contributed by atoms with E-state index < -0.39 is 11.9 Å². The maximum absolute atomic E-state index is 13.1. The van der Waals surface area contributed by atoms with Crippen molar-refractivity contribution in [2.45, 2.75) is 25.2 Å². The number of alkyl halides is 2. The molecule has 0 aromatic carbocycles. The van der Waals surface area contributed by atoms with Gasteiger partial charge >= 0.3 is 5.97 Å². The second kappa shape index (κ2) is 2.98. The summed E-state index contributed by atoms with van der Waals surface area (Å²) in [6.07, 6.45) is -0.222. The molecule has 1 aliphatic carbocycles. The van der Waals surface area contributed by atoms with Crippen molar-refractivity contribution in [2.24, 2.45) is 0 Å². The molecule has 3 nitrogen and oxygen atoms in total. The molecule has 0 saturated heterocycles. The van der Waals surface area contributed by atoms with Crippen LogP contribution in [-0.2, 0) is 23.6 Å². The molecule has 0 fully saturated rings. The van der Waals surface area contributed by atoms with Crippen LogP contribution < -0.4 is 0 Å². The summed E-state index contributed by atoms with van der Waals surface area (Å²) >= 11 is 0.815. The van der Waals surface area contributed by atoms with Gasteiger partial charge in [-0.25, -0.2) is 13.8 Å². The summed E-state index contributed by atoms with van der Waals surface area (Å²) in [7, 11) is 0. The lowest BCUT2D eigenvalue weighted by molar-refractivity contribution is -0.136. The van der Waals surface area contributed by atoms with Crippen LogP contribution in [-0.4, -0.2) is 16.1 Å². The van der Waals surface area contributed by atoms with Gasteiger partial charge in [-0.3, -0.25) is 4.79 Å². The minimum atomic E-state index is -2.80. The highest BCUT2D eigenvalue weighted by molar-refractivity contribution is 7.12. The predicted molar refractivity (Wildman–Crippen MR) is 45.7 cm³/mol. The van der Waals surface area contributed by atoms with Crippen molar-refractivity contribution in [1.29, 1.82) is 0 Å². The molecule has 14 heavy (non-hydrogen) atoms. The third-order valence-corrected chi connectivity index (χ3v) is 3.26. The van der Waals surface area contributed by atoms with E-state index >= 15 is 0 Å². The summed E-state index contributed by atoms with van der Waals surface area (Å²) in [4.78, 5) is 14.2. The number of carbonyl (C=O) groups is 1. The summed E-state index contributed by atoms with van der Waals surface area (Å²) in [5, 5.41) is 8.73. The van der Waals surface area contributed by atoms with Gasteiger partial charge in [0.1, 0.15) is 5.01 Å². The van der Waals surface area contributed by atoms with E-state index in [4.69, 9.17) is 5.11 Å². The number of aliphatic carboxylic acids is 1. The van der Waals surface area contributed by atoms with Gasteiger partial charge in [0.25, 0.3) is 5.92 Å². The molecule has 0 unspecified atom stereocenters. The molecule has 2 rings (SSSR count). The van der Waals surface area contributed by atoms with E-state index in [1.807, 2.05) is 0 Å².